The molecule has 39 heavy (non-hydrogen) atoms. The molecule has 3 N–H and O–H groups in total. The third-order valence-corrected chi connectivity index (χ3v) is 6.36. The van der Waals surface area contributed by atoms with Crippen LogP contribution in [0.4, 0.5) is 5.69 Å². The van der Waals surface area contributed by atoms with E-state index in [2.05, 4.69) is 29.5 Å². The van der Waals surface area contributed by atoms with Crippen molar-refractivity contribution >= 4 is 40.0 Å². The van der Waals surface area contributed by atoms with Crippen LogP contribution in [0.2, 0.25) is 0 Å². The van der Waals surface area contributed by atoms with Gasteiger partial charge in [0.05, 0.1) is 5.56 Å². The molecule has 0 radical (unpaired) electrons. The maximum absolute atomic E-state index is 12.6. The third kappa shape index (κ3) is 6.25. The monoisotopic (exact) mass is 537 g/mol. The van der Waals surface area contributed by atoms with Crippen LogP contribution >= 0.6 is 12.2 Å². The second-order valence-corrected chi connectivity index (χ2v) is 9.75. The molecular formula is C31H27N3O4S. The highest BCUT2D eigenvalue weighted by Crippen LogP contribution is 2.33. The molecule has 0 saturated carbocycles. The van der Waals surface area contributed by atoms with Crippen LogP contribution in [-0.2, 0) is 6.61 Å². The van der Waals surface area contributed by atoms with Crippen LogP contribution in [0.25, 0.3) is 22.6 Å². The van der Waals surface area contributed by atoms with E-state index in [4.69, 9.17) is 21.4 Å². The molecule has 1 amide bonds. The molecule has 0 aliphatic heterocycles. The molecular weight excluding hydrogens is 510 g/mol. The van der Waals surface area contributed by atoms with Gasteiger partial charge in [-0.2, -0.15) is 0 Å². The second-order valence-electron chi connectivity index (χ2n) is 9.34. The van der Waals surface area contributed by atoms with Crippen molar-refractivity contribution in [3.05, 3.63) is 108 Å². The van der Waals surface area contributed by atoms with Gasteiger partial charge in [0.15, 0.2) is 10.7 Å². The van der Waals surface area contributed by atoms with Gasteiger partial charge >= 0.3 is 0 Å². The Labute approximate surface area is 231 Å². The number of thiocarbonyl (C=S) groups is 1. The van der Waals surface area contributed by atoms with Gasteiger partial charge in [-0.05, 0) is 77.8 Å². The molecule has 0 unspecified atom stereocenters. The standard InChI is InChI=1S/C31H27N3O4S/c1-19(2)22-10-15-28-26(16-22)33-30(38-28)25-14-11-23(17-27(25)35)32-31(39)34-29(36)21-8-12-24(13-9-21)37-18-20-6-4-3-5-7-20/h3-17,19,35H,18H2,1-2H3,(H2,32,34,36,39). The van der Waals surface area contributed by atoms with Crippen LogP contribution in [0.3, 0.4) is 0 Å². The Hall–Kier alpha value is -4.69. The first-order valence-electron chi connectivity index (χ1n) is 12.5. The number of oxazole rings is 1. The Morgan fingerprint density at radius 3 is 2.49 bits per heavy atom. The molecule has 0 bridgehead atoms. The molecule has 1 heterocycles. The van der Waals surface area contributed by atoms with Gasteiger partial charge in [-0.3, -0.25) is 10.1 Å². The normalized spacial score (nSPS) is 10.9. The summed E-state index contributed by atoms with van der Waals surface area (Å²) in [6, 6.07) is 27.5. The molecule has 0 aliphatic rings. The number of aromatic hydroxyl groups is 1. The van der Waals surface area contributed by atoms with Gasteiger partial charge in [0.25, 0.3) is 5.91 Å². The van der Waals surface area contributed by atoms with E-state index < -0.39 is 0 Å². The van der Waals surface area contributed by atoms with Crippen molar-refractivity contribution in [2.45, 2.75) is 26.4 Å². The Morgan fingerprint density at radius 2 is 1.77 bits per heavy atom. The maximum atomic E-state index is 12.6. The smallest absolute Gasteiger partial charge is 0.257 e. The molecule has 196 valence electrons. The highest BCUT2D eigenvalue weighted by atomic mass is 32.1. The van der Waals surface area contributed by atoms with Crippen molar-refractivity contribution in [2.24, 2.45) is 0 Å². The molecule has 0 fully saturated rings. The van der Waals surface area contributed by atoms with Gasteiger partial charge in [0.1, 0.15) is 23.6 Å². The zero-order valence-corrected chi connectivity index (χ0v) is 22.3. The lowest BCUT2D eigenvalue weighted by Gasteiger charge is -2.11. The van der Waals surface area contributed by atoms with Crippen LogP contribution in [0.1, 0.15) is 41.3 Å². The average Bonchev–Trinajstić information content (AvgIpc) is 3.36. The molecule has 0 atom stereocenters. The second kappa shape index (κ2) is 11.4. The first-order valence-corrected chi connectivity index (χ1v) is 12.9. The average molecular weight is 538 g/mol. The number of amides is 1. The number of fused-ring (bicyclic) bond motifs is 1. The lowest BCUT2D eigenvalue weighted by atomic mass is 10.0. The van der Waals surface area contributed by atoms with Crippen molar-refractivity contribution in [3.8, 4) is 23.0 Å². The predicted molar refractivity (Wildman–Crippen MR) is 156 cm³/mol. The number of phenols is 1. The number of aromatic nitrogens is 1. The molecule has 1 aromatic heterocycles. The number of phenolic OH excluding ortho intramolecular Hbond substituents is 1. The number of rotatable bonds is 7. The number of carbonyl (C=O) groups is 1. The van der Waals surface area contributed by atoms with Gasteiger partial charge in [0, 0.05) is 17.3 Å². The van der Waals surface area contributed by atoms with Crippen LogP contribution in [0, 0.1) is 0 Å². The van der Waals surface area contributed by atoms with Gasteiger partial charge in [0.2, 0.25) is 5.89 Å². The van der Waals surface area contributed by atoms with Crippen LogP contribution < -0.4 is 15.4 Å². The number of carbonyl (C=O) groups excluding carboxylic acids is 1. The predicted octanol–water partition coefficient (Wildman–Crippen LogP) is 7.03. The number of anilines is 1. The first-order chi connectivity index (χ1) is 18.9. The third-order valence-electron chi connectivity index (χ3n) is 6.16. The van der Waals surface area contributed by atoms with Crippen molar-refractivity contribution < 1.29 is 19.1 Å². The molecule has 7 nitrogen and oxygen atoms in total. The molecule has 5 rings (SSSR count). The fourth-order valence-electron chi connectivity index (χ4n) is 3.99. The van der Waals surface area contributed by atoms with E-state index in [0.717, 1.165) is 16.6 Å². The number of nitrogens with one attached hydrogen (secondary N) is 2. The zero-order chi connectivity index (χ0) is 27.4. The summed E-state index contributed by atoms with van der Waals surface area (Å²) in [5.41, 5.74) is 4.99. The highest BCUT2D eigenvalue weighted by Gasteiger charge is 2.15. The fourth-order valence-corrected chi connectivity index (χ4v) is 4.20. The minimum absolute atomic E-state index is 0.0316. The van der Waals surface area contributed by atoms with Crippen LogP contribution in [-0.4, -0.2) is 21.1 Å². The molecule has 5 aromatic rings. The lowest BCUT2D eigenvalue weighted by molar-refractivity contribution is 0.0977. The van der Waals surface area contributed by atoms with Gasteiger partial charge in [-0.15, -0.1) is 0 Å². The van der Waals surface area contributed by atoms with Crippen molar-refractivity contribution in [1.82, 2.24) is 10.3 Å². The fraction of sp³-hybridized carbons (Fsp3) is 0.129. The summed E-state index contributed by atoms with van der Waals surface area (Å²) in [7, 11) is 0. The first kappa shape index (κ1) is 25.9. The van der Waals surface area contributed by atoms with Crippen molar-refractivity contribution in [3.63, 3.8) is 0 Å². The molecule has 0 aliphatic carbocycles. The molecule has 8 heteroatoms. The number of ether oxygens (including phenoxy) is 1. The molecule has 0 saturated heterocycles. The summed E-state index contributed by atoms with van der Waals surface area (Å²) in [4.78, 5) is 17.2. The molecule has 0 spiro atoms. The van der Waals surface area contributed by atoms with E-state index >= 15 is 0 Å². The largest absolute Gasteiger partial charge is 0.507 e. The Bertz CT molecular complexity index is 1630. The van der Waals surface area contributed by atoms with Crippen molar-refractivity contribution in [1.29, 1.82) is 0 Å². The Kier molecular flexibility index (Phi) is 7.56. The minimum atomic E-state index is -0.366. The summed E-state index contributed by atoms with van der Waals surface area (Å²) >= 11 is 5.30. The summed E-state index contributed by atoms with van der Waals surface area (Å²) in [5, 5.41) is 16.3. The minimum Gasteiger partial charge on any atom is -0.507 e. The number of benzene rings is 4. The van der Waals surface area contributed by atoms with E-state index in [-0.39, 0.29) is 16.8 Å². The van der Waals surface area contributed by atoms with Crippen LogP contribution in [0.5, 0.6) is 11.5 Å². The summed E-state index contributed by atoms with van der Waals surface area (Å²) in [6.45, 7) is 4.67. The Balaban J connectivity index is 1.19. The van der Waals surface area contributed by atoms with E-state index in [1.807, 2.05) is 48.5 Å². The van der Waals surface area contributed by atoms with Gasteiger partial charge in [-0.1, -0.05) is 50.2 Å². The highest BCUT2D eigenvalue weighted by molar-refractivity contribution is 7.80. The van der Waals surface area contributed by atoms with E-state index in [9.17, 15) is 9.90 Å². The topological polar surface area (TPSA) is 96.6 Å². The Morgan fingerprint density at radius 1 is 1.00 bits per heavy atom. The van der Waals surface area contributed by atoms with Crippen molar-refractivity contribution in [2.75, 3.05) is 5.32 Å². The summed E-state index contributed by atoms with van der Waals surface area (Å²) in [5.74, 6) is 0.954. The van der Waals surface area contributed by atoms with E-state index in [1.54, 1.807) is 36.4 Å². The van der Waals surface area contributed by atoms with Gasteiger partial charge in [-0.25, -0.2) is 4.98 Å². The van der Waals surface area contributed by atoms with E-state index in [0.29, 0.717) is 46.6 Å². The summed E-state index contributed by atoms with van der Waals surface area (Å²) in [6.07, 6.45) is 0. The number of hydrogen-bond acceptors (Lipinski definition) is 6. The number of nitrogens with zero attached hydrogens (tertiary/aromatic N) is 1. The van der Waals surface area contributed by atoms with Crippen LogP contribution in [0.15, 0.2) is 95.4 Å². The van der Waals surface area contributed by atoms with Gasteiger partial charge < -0.3 is 19.6 Å². The van der Waals surface area contributed by atoms with E-state index in [1.165, 1.54) is 6.07 Å². The molecule has 4 aromatic carbocycles. The summed E-state index contributed by atoms with van der Waals surface area (Å²) < 4.78 is 11.6. The quantitative estimate of drug-likeness (QED) is 0.192. The maximum Gasteiger partial charge on any atom is 0.257 e. The lowest BCUT2D eigenvalue weighted by Crippen LogP contribution is -2.34. The SMILES string of the molecule is CC(C)c1ccc2oc(-c3ccc(NC(=S)NC(=O)c4ccc(OCc5ccccc5)cc4)cc3O)nc2c1. The number of hydrogen-bond donors (Lipinski definition) is 3. The zero-order valence-electron chi connectivity index (χ0n) is 21.5.